The minimum Gasteiger partial charge on any atom is -0.478 e. The lowest BCUT2D eigenvalue weighted by Crippen LogP contribution is -2.53. The van der Waals surface area contributed by atoms with Gasteiger partial charge in [-0.15, -0.1) is 0 Å². The van der Waals surface area contributed by atoms with Gasteiger partial charge in [-0.2, -0.15) is 0 Å². The van der Waals surface area contributed by atoms with Gasteiger partial charge in [0.25, 0.3) is 0 Å². The van der Waals surface area contributed by atoms with Crippen LogP contribution in [0.4, 0.5) is 0 Å². The normalized spacial score (nSPS) is 31.4. The molecule has 2 aliphatic rings. The van der Waals surface area contributed by atoms with Gasteiger partial charge in [-0.05, 0) is 31.7 Å². The fourth-order valence-corrected chi connectivity index (χ4v) is 4.18. The van der Waals surface area contributed by atoms with Crippen LogP contribution in [0, 0.1) is 0 Å². The fourth-order valence-electron chi connectivity index (χ4n) is 4.18. The molecule has 1 aromatic carbocycles. The molecule has 2 unspecified atom stereocenters. The van der Waals surface area contributed by atoms with Crippen LogP contribution in [0.1, 0.15) is 51.0 Å². The van der Waals surface area contributed by atoms with Gasteiger partial charge in [0.15, 0.2) is 0 Å². The van der Waals surface area contributed by atoms with Crippen molar-refractivity contribution < 1.29 is 19.7 Å². The summed E-state index contributed by atoms with van der Waals surface area (Å²) in [4.78, 5) is 22.4. The molecule has 1 aromatic rings. The standard InChI is InChI=1S/C19H24O4/c1-15(17(20)21)9-12-18(16-7-3-2-4-8-16)10-5-6-11-19(18)13-14-22-23-19/h2-4,7-9H,5-6,10-14H2,1H3,(H,20,21)/b15-9+. The summed E-state index contributed by atoms with van der Waals surface area (Å²) >= 11 is 0. The molecule has 0 radical (unpaired) electrons. The van der Waals surface area contributed by atoms with E-state index in [1.54, 1.807) is 6.92 Å². The SMILES string of the molecule is C/C(=C\CC1(c2ccccc2)CCCCC12CCOO2)C(=O)O. The zero-order chi connectivity index (χ0) is 16.3. The smallest absolute Gasteiger partial charge is 0.330 e. The van der Waals surface area contributed by atoms with Crippen LogP contribution in [-0.2, 0) is 20.0 Å². The number of rotatable bonds is 4. The summed E-state index contributed by atoms with van der Waals surface area (Å²) in [5.74, 6) is -0.860. The molecular weight excluding hydrogens is 292 g/mol. The number of allylic oxidation sites excluding steroid dienone is 1. The Morgan fingerprint density at radius 1 is 1.22 bits per heavy atom. The highest BCUT2D eigenvalue weighted by Gasteiger charge is 2.56. The van der Waals surface area contributed by atoms with Crippen molar-refractivity contribution in [1.29, 1.82) is 0 Å². The van der Waals surface area contributed by atoms with Gasteiger partial charge in [0.1, 0.15) is 5.60 Å². The third kappa shape index (κ3) is 2.81. The molecule has 1 N–H and O–H groups in total. The molecule has 124 valence electrons. The highest BCUT2D eigenvalue weighted by Crippen LogP contribution is 2.54. The summed E-state index contributed by atoms with van der Waals surface area (Å²) in [6.45, 7) is 2.26. The predicted octanol–water partition coefficient (Wildman–Crippen LogP) is 4.01. The lowest BCUT2D eigenvalue weighted by atomic mass is 9.57. The second-order valence-corrected chi connectivity index (χ2v) is 6.70. The van der Waals surface area contributed by atoms with Crippen LogP contribution in [0.5, 0.6) is 0 Å². The molecule has 1 spiro atoms. The molecule has 0 aromatic heterocycles. The van der Waals surface area contributed by atoms with Crippen molar-refractivity contribution in [3.8, 4) is 0 Å². The van der Waals surface area contributed by atoms with Crippen molar-refractivity contribution >= 4 is 5.97 Å². The van der Waals surface area contributed by atoms with Crippen LogP contribution >= 0.6 is 0 Å². The summed E-state index contributed by atoms with van der Waals surface area (Å²) in [5, 5.41) is 9.20. The van der Waals surface area contributed by atoms with Crippen molar-refractivity contribution in [2.75, 3.05) is 6.61 Å². The Labute approximate surface area is 137 Å². The molecule has 2 atom stereocenters. The van der Waals surface area contributed by atoms with Gasteiger partial charge in [0.05, 0.1) is 6.61 Å². The van der Waals surface area contributed by atoms with E-state index in [4.69, 9.17) is 9.78 Å². The number of carbonyl (C=O) groups is 1. The van der Waals surface area contributed by atoms with Gasteiger partial charge in [-0.1, -0.05) is 49.2 Å². The molecule has 1 aliphatic carbocycles. The van der Waals surface area contributed by atoms with Crippen molar-refractivity contribution in [2.24, 2.45) is 0 Å². The number of carboxylic acids is 1. The van der Waals surface area contributed by atoms with E-state index in [1.807, 2.05) is 24.3 Å². The molecule has 4 heteroatoms. The van der Waals surface area contributed by atoms with E-state index in [9.17, 15) is 9.90 Å². The van der Waals surface area contributed by atoms with Gasteiger partial charge in [-0.3, -0.25) is 0 Å². The lowest BCUT2D eigenvalue weighted by molar-refractivity contribution is -0.330. The maximum absolute atomic E-state index is 11.2. The van der Waals surface area contributed by atoms with E-state index in [0.717, 1.165) is 32.1 Å². The maximum atomic E-state index is 11.2. The van der Waals surface area contributed by atoms with Gasteiger partial charge in [-0.25, -0.2) is 14.6 Å². The number of benzene rings is 1. The monoisotopic (exact) mass is 316 g/mol. The third-order valence-electron chi connectivity index (χ3n) is 5.53. The van der Waals surface area contributed by atoms with Gasteiger partial charge >= 0.3 is 5.97 Å². The molecule has 1 aliphatic heterocycles. The topological polar surface area (TPSA) is 55.8 Å². The van der Waals surface area contributed by atoms with Crippen molar-refractivity contribution in [2.45, 2.75) is 56.5 Å². The lowest BCUT2D eigenvalue weighted by Gasteiger charge is -2.50. The first-order chi connectivity index (χ1) is 11.1. The highest BCUT2D eigenvalue weighted by molar-refractivity contribution is 5.85. The molecular formula is C19H24O4. The van der Waals surface area contributed by atoms with Crippen LogP contribution in [0.3, 0.4) is 0 Å². The zero-order valence-electron chi connectivity index (χ0n) is 13.6. The number of hydrogen-bond acceptors (Lipinski definition) is 3. The Kier molecular flexibility index (Phi) is 4.55. The second kappa shape index (κ2) is 6.46. The summed E-state index contributed by atoms with van der Waals surface area (Å²) in [6, 6.07) is 10.4. The van der Waals surface area contributed by atoms with Crippen molar-refractivity contribution in [1.82, 2.24) is 0 Å². The van der Waals surface area contributed by atoms with Crippen molar-refractivity contribution in [3.05, 3.63) is 47.5 Å². The van der Waals surface area contributed by atoms with Crippen LogP contribution in [0.2, 0.25) is 0 Å². The molecule has 0 bridgehead atoms. The van der Waals surface area contributed by atoms with Crippen LogP contribution in [0.15, 0.2) is 42.0 Å². The summed E-state index contributed by atoms with van der Waals surface area (Å²) in [7, 11) is 0. The number of hydrogen-bond donors (Lipinski definition) is 1. The Morgan fingerprint density at radius 3 is 2.61 bits per heavy atom. The first-order valence-electron chi connectivity index (χ1n) is 8.36. The van der Waals surface area contributed by atoms with E-state index in [2.05, 4.69) is 12.1 Å². The second-order valence-electron chi connectivity index (χ2n) is 6.70. The third-order valence-corrected chi connectivity index (χ3v) is 5.53. The van der Waals surface area contributed by atoms with Gasteiger partial charge in [0, 0.05) is 17.4 Å². The van der Waals surface area contributed by atoms with E-state index in [0.29, 0.717) is 18.6 Å². The van der Waals surface area contributed by atoms with Crippen LogP contribution < -0.4 is 0 Å². The molecule has 0 amide bonds. The van der Waals surface area contributed by atoms with E-state index in [-0.39, 0.29) is 11.0 Å². The first-order valence-corrected chi connectivity index (χ1v) is 8.36. The molecule has 3 rings (SSSR count). The van der Waals surface area contributed by atoms with Gasteiger partial charge < -0.3 is 5.11 Å². The molecule has 2 fully saturated rings. The Hall–Kier alpha value is -1.65. The summed E-state index contributed by atoms with van der Waals surface area (Å²) < 4.78 is 0. The minimum absolute atomic E-state index is 0.222. The van der Waals surface area contributed by atoms with Crippen LogP contribution in [0.25, 0.3) is 0 Å². The summed E-state index contributed by atoms with van der Waals surface area (Å²) in [5.41, 5.74) is 1.04. The zero-order valence-corrected chi connectivity index (χ0v) is 13.6. The Morgan fingerprint density at radius 2 is 1.96 bits per heavy atom. The molecule has 4 nitrogen and oxygen atoms in total. The Bertz CT molecular complexity index is 587. The maximum Gasteiger partial charge on any atom is 0.330 e. The predicted molar refractivity (Wildman–Crippen MR) is 87.0 cm³/mol. The number of carboxylic acid groups (broad SMARTS) is 1. The largest absolute Gasteiger partial charge is 0.478 e. The molecule has 1 saturated heterocycles. The van der Waals surface area contributed by atoms with E-state index < -0.39 is 5.97 Å². The average Bonchev–Trinajstić information content (AvgIpc) is 3.04. The average molecular weight is 316 g/mol. The van der Waals surface area contributed by atoms with E-state index in [1.165, 1.54) is 5.56 Å². The van der Waals surface area contributed by atoms with Gasteiger partial charge in [0.2, 0.25) is 0 Å². The highest BCUT2D eigenvalue weighted by atomic mass is 17.2. The molecule has 1 saturated carbocycles. The minimum atomic E-state index is -0.860. The first kappa shape index (κ1) is 16.2. The van der Waals surface area contributed by atoms with E-state index >= 15 is 0 Å². The van der Waals surface area contributed by atoms with Crippen LogP contribution in [-0.4, -0.2) is 23.3 Å². The quantitative estimate of drug-likeness (QED) is 0.673. The summed E-state index contributed by atoms with van der Waals surface area (Å²) in [6.07, 6.45) is 7.58. The molecule has 1 heterocycles. The molecule has 23 heavy (non-hydrogen) atoms. The number of aliphatic carboxylic acids is 1. The fraction of sp³-hybridized carbons (Fsp3) is 0.526. The van der Waals surface area contributed by atoms with Crippen molar-refractivity contribution in [3.63, 3.8) is 0 Å². The Balaban J connectivity index is 2.05.